The average molecular weight is 288 g/mol. The third-order valence-electron chi connectivity index (χ3n) is 8.12. The third kappa shape index (κ3) is 3.40. The van der Waals surface area contributed by atoms with Crippen LogP contribution in [0, 0.1) is 16.7 Å². The van der Waals surface area contributed by atoms with Crippen molar-refractivity contribution in [3.8, 4) is 0 Å². The van der Waals surface area contributed by atoms with Gasteiger partial charge in [0.2, 0.25) is 0 Å². The smallest absolute Gasteiger partial charge is 0.0766 e. The molecule has 2 heteroatoms. The zero-order chi connectivity index (χ0) is 15.6. The van der Waals surface area contributed by atoms with Crippen LogP contribution in [0.1, 0.15) is 97.8 Å². The molecule has 1 spiro atoms. The van der Waals surface area contributed by atoms with Crippen molar-refractivity contribution in [2.45, 2.75) is 103 Å². The second-order valence-electron chi connectivity index (χ2n) is 9.22. The van der Waals surface area contributed by atoms with E-state index in [4.69, 9.17) is 0 Å². The quantitative estimate of drug-likeness (QED) is 0.642. The zero-order valence-electron chi connectivity index (χ0n) is 15.6. The van der Waals surface area contributed by atoms with Crippen molar-refractivity contribution in [3.05, 3.63) is 0 Å². The summed E-state index contributed by atoms with van der Waals surface area (Å²) in [5, 5.41) is 0.508. The van der Waals surface area contributed by atoms with Gasteiger partial charge in [-0.05, 0) is 48.9 Å². The van der Waals surface area contributed by atoms with Crippen molar-refractivity contribution < 1.29 is 0 Å². The first-order valence-electron chi connectivity index (χ1n) is 9.89. The lowest BCUT2D eigenvalue weighted by Gasteiger charge is -2.54. The van der Waals surface area contributed by atoms with Gasteiger partial charge in [0.25, 0.3) is 0 Å². The first-order chi connectivity index (χ1) is 9.89. The fraction of sp³-hybridized carbons (Fsp3) is 1.00. The standard InChI is InChI=1S/C19H38B2/c1-4-11-17(3,5-2)19(20,21)16-9-14-18(15-10-16)12-7-6-8-13-18/h16H,4-15,20-21H2,1-3H3. The molecule has 0 aliphatic heterocycles. The maximum Gasteiger partial charge on any atom is 0.100 e. The van der Waals surface area contributed by atoms with E-state index in [2.05, 4.69) is 36.5 Å². The fourth-order valence-electron chi connectivity index (χ4n) is 5.75. The molecule has 2 aliphatic carbocycles. The Bertz CT molecular complexity index is 320. The third-order valence-corrected chi connectivity index (χ3v) is 8.12. The zero-order valence-corrected chi connectivity index (χ0v) is 15.6. The summed E-state index contributed by atoms with van der Waals surface area (Å²) in [6.07, 6.45) is 17.8. The molecule has 0 radical (unpaired) electrons. The minimum atomic E-state index is 0.508. The van der Waals surface area contributed by atoms with Gasteiger partial charge in [-0.2, -0.15) is 0 Å². The van der Waals surface area contributed by atoms with Crippen LogP contribution >= 0.6 is 0 Å². The van der Waals surface area contributed by atoms with Crippen LogP contribution in [0.25, 0.3) is 0 Å². The van der Waals surface area contributed by atoms with E-state index in [0.29, 0.717) is 10.6 Å². The Morgan fingerprint density at radius 1 is 0.952 bits per heavy atom. The van der Waals surface area contributed by atoms with Gasteiger partial charge in [0.15, 0.2) is 0 Å². The van der Waals surface area contributed by atoms with Crippen LogP contribution in [-0.4, -0.2) is 15.7 Å². The van der Waals surface area contributed by atoms with Gasteiger partial charge in [-0.1, -0.05) is 70.9 Å². The highest BCUT2D eigenvalue weighted by Gasteiger charge is 2.47. The van der Waals surface area contributed by atoms with E-state index in [-0.39, 0.29) is 0 Å². The highest BCUT2D eigenvalue weighted by Crippen LogP contribution is 2.59. The molecule has 0 bridgehead atoms. The molecular formula is C19H38B2. The van der Waals surface area contributed by atoms with E-state index < -0.39 is 0 Å². The summed E-state index contributed by atoms with van der Waals surface area (Å²) in [5.74, 6) is 0.960. The number of hydrogen-bond acceptors (Lipinski definition) is 0. The predicted molar refractivity (Wildman–Crippen MR) is 101 cm³/mol. The molecule has 21 heavy (non-hydrogen) atoms. The van der Waals surface area contributed by atoms with Crippen molar-refractivity contribution in [2.24, 2.45) is 16.7 Å². The Hall–Kier alpha value is 0.130. The molecule has 2 saturated carbocycles. The predicted octanol–water partition coefficient (Wildman–Crippen LogP) is 4.73. The van der Waals surface area contributed by atoms with Gasteiger partial charge in [-0.15, -0.1) is 0 Å². The molecule has 0 nitrogen and oxygen atoms in total. The fourth-order valence-corrected chi connectivity index (χ4v) is 5.75. The summed E-state index contributed by atoms with van der Waals surface area (Å²) in [7, 11) is 5.19. The molecule has 2 rings (SSSR count). The lowest BCUT2D eigenvalue weighted by Crippen LogP contribution is -2.43. The molecule has 0 heterocycles. The Morgan fingerprint density at radius 2 is 1.52 bits per heavy atom. The molecule has 120 valence electrons. The van der Waals surface area contributed by atoms with Crippen molar-refractivity contribution >= 4 is 15.7 Å². The Balaban J connectivity index is 2.02. The van der Waals surface area contributed by atoms with E-state index in [0.717, 1.165) is 11.3 Å². The minimum absolute atomic E-state index is 0.508. The lowest BCUT2D eigenvalue weighted by atomic mass is 9.34. The van der Waals surface area contributed by atoms with E-state index in [9.17, 15) is 0 Å². The molecule has 2 aliphatic rings. The average Bonchev–Trinajstić information content (AvgIpc) is 2.48. The summed E-state index contributed by atoms with van der Waals surface area (Å²) < 4.78 is 0. The van der Waals surface area contributed by atoms with Gasteiger partial charge in [-0.25, -0.2) is 0 Å². The highest BCUT2D eigenvalue weighted by atomic mass is 14.5. The topological polar surface area (TPSA) is 0 Å². The highest BCUT2D eigenvalue weighted by molar-refractivity contribution is 6.40. The maximum absolute atomic E-state index is 2.59. The molecule has 0 saturated heterocycles. The van der Waals surface area contributed by atoms with Crippen molar-refractivity contribution in [3.63, 3.8) is 0 Å². The molecule has 0 aromatic rings. The van der Waals surface area contributed by atoms with Gasteiger partial charge in [0.1, 0.15) is 15.7 Å². The Morgan fingerprint density at radius 3 is 2.00 bits per heavy atom. The Kier molecular flexibility index (Phi) is 5.59. The number of rotatable bonds is 5. The molecule has 0 aromatic heterocycles. The largest absolute Gasteiger partial charge is 0.100 e. The van der Waals surface area contributed by atoms with Crippen LogP contribution in [0.15, 0.2) is 0 Å². The van der Waals surface area contributed by atoms with Gasteiger partial charge in [0.05, 0.1) is 0 Å². The van der Waals surface area contributed by atoms with Crippen LogP contribution in [0.3, 0.4) is 0 Å². The van der Waals surface area contributed by atoms with Crippen LogP contribution < -0.4 is 0 Å². The van der Waals surface area contributed by atoms with Crippen LogP contribution in [0.5, 0.6) is 0 Å². The summed E-state index contributed by atoms with van der Waals surface area (Å²) in [6, 6.07) is 0. The summed E-state index contributed by atoms with van der Waals surface area (Å²) >= 11 is 0. The monoisotopic (exact) mass is 288 g/mol. The SMILES string of the molecule is BC(B)(C1CCC2(CCCCC2)CC1)C(C)(CC)CCC. The van der Waals surface area contributed by atoms with Gasteiger partial charge < -0.3 is 0 Å². The normalized spacial score (nSPS) is 26.6. The molecule has 2 fully saturated rings. The van der Waals surface area contributed by atoms with E-state index in [1.165, 1.54) is 64.2 Å². The minimum Gasteiger partial charge on any atom is -0.0766 e. The summed E-state index contributed by atoms with van der Waals surface area (Å²) in [4.78, 5) is 0. The van der Waals surface area contributed by atoms with Crippen LogP contribution in [0.2, 0.25) is 5.21 Å². The van der Waals surface area contributed by atoms with E-state index >= 15 is 0 Å². The van der Waals surface area contributed by atoms with E-state index in [1.807, 2.05) is 0 Å². The summed E-state index contributed by atoms with van der Waals surface area (Å²) in [5.41, 5.74) is 1.31. The van der Waals surface area contributed by atoms with Crippen LogP contribution in [0.4, 0.5) is 0 Å². The second kappa shape index (κ2) is 6.71. The first-order valence-corrected chi connectivity index (χ1v) is 9.89. The molecule has 1 unspecified atom stereocenters. The molecule has 0 amide bonds. The van der Waals surface area contributed by atoms with E-state index in [1.54, 1.807) is 12.8 Å². The molecular weight excluding hydrogens is 250 g/mol. The molecule has 0 aromatic carbocycles. The van der Waals surface area contributed by atoms with Crippen molar-refractivity contribution in [2.75, 3.05) is 0 Å². The van der Waals surface area contributed by atoms with Gasteiger partial charge >= 0.3 is 0 Å². The van der Waals surface area contributed by atoms with Gasteiger partial charge in [-0.3, -0.25) is 0 Å². The van der Waals surface area contributed by atoms with Crippen molar-refractivity contribution in [1.82, 2.24) is 0 Å². The molecule has 1 atom stereocenters. The van der Waals surface area contributed by atoms with Gasteiger partial charge in [0, 0.05) is 0 Å². The summed E-state index contributed by atoms with van der Waals surface area (Å²) in [6.45, 7) is 7.35. The van der Waals surface area contributed by atoms with Crippen molar-refractivity contribution in [1.29, 1.82) is 0 Å². The lowest BCUT2D eigenvalue weighted by molar-refractivity contribution is 0.0650. The second-order valence-corrected chi connectivity index (χ2v) is 9.22. The maximum atomic E-state index is 2.59. The number of hydrogen-bond donors (Lipinski definition) is 0. The van der Waals surface area contributed by atoms with Crippen LogP contribution in [-0.2, 0) is 0 Å². The first kappa shape index (κ1) is 17.5. The Labute approximate surface area is 136 Å². The molecule has 0 N–H and O–H groups in total.